The molecular weight excluding hydrogens is 536 g/mol. The van der Waals surface area contributed by atoms with E-state index in [9.17, 15) is 0 Å². The van der Waals surface area contributed by atoms with Crippen molar-refractivity contribution in [2.45, 2.75) is 37.8 Å². The number of imidazole rings is 1. The third-order valence-corrected chi connectivity index (χ3v) is 8.68. The summed E-state index contributed by atoms with van der Waals surface area (Å²) in [7, 11) is 0. The highest BCUT2D eigenvalue weighted by atomic mass is 15.3. The molecule has 1 atom stereocenters. The van der Waals surface area contributed by atoms with Crippen molar-refractivity contribution < 1.29 is 0 Å². The van der Waals surface area contributed by atoms with Crippen LogP contribution in [0.3, 0.4) is 0 Å². The molecule has 5 aromatic heterocycles. The molecule has 43 heavy (non-hydrogen) atoms. The second-order valence-electron chi connectivity index (χ2n) is 11.3. The first kappa shape index (κ1) is 25.6. The van der Waals surface area contributed by atoms with Crippen molar-refractivity contribution in [2.24, 2.45) is 0 Å². The molecular formula is C33H32N10. The zero-order valence-electron chi connectivity index (χ0n) is 23.7. The molecule has 1 aliphatic heterocycles. The van der Waals surface area contributed by atoms with E-state index in [0.717, 1.165) is 78.6 Å². The molecule has 3 N–H and O–H groups in total. The van der Waals surface area contributed by atoms with Gasteiger partial charge in [-0.3, -0.25) is 4.57 Å². The molecule has 10 nitrogen and oxygen atoms in total. The molecule has 8 rings (SSSR count). The Balaban J connectivity index is 1.11. The number of nitrogen functional groups attached to an aromatic ring is 1. The number of pyridine rings is 3. The second kappa shape index (κ2) is 10.6. The van der Waals surface area contributed by atoms with Crippen molar-refractivity contribution in [1.29, 1.82) is 0 Å². The average Bonchev–Trinajstić information content (AvgIpc) is 3.81. The predicted molar refractivity (Wildman–Crippen MR) is 167 cm³/mol. The van der Waals surface area contributed by atoms with Crippen LogP contribution >= 0.6 is 0 Å². The van der Waals surface area contributed by atoms with Gasteiger partial charge in [-0.2, -0.15) is 5.10 Å². The van der Waals surface area contributed by atoms with Gasteiger partial charge in [-0.15, -0.1) is 0 Å². The van der Waals surface area contributed by atoms with E-state index < -0.39 is 0 Å². The van der Waals surface area contributed by atoms with Crippen molar-refractivity contribution in [3.63, 3.8) is 0 Å². The Bertz CT molecular complexity index is 1890. The van der Waals surface area contributed by atoms with Crippen LogP contribution < -0.4 is 16.0 Å². The predicted octanol–water partition coefficient (Wildman–Crippen LogP) is 4.89. The van der Waals surface area contributed by atoms with Crippen molar-refractivity contribution in [3.8, 4) is 22.9 Å². The van der Waals surface area contributed by atoms with Gasteiger partial charge in [-0.1, -0.05) is 12.1 Å². The molecule has 0 bridgehead atoms. The standard InChI is InChI=1S/C33H32N10/c34-31-26(5-3-16-36-31)32-39-28-11-12-30(42-18-4-17-37-42)40-33(28)43(32)24-8-9-25-22(21-24)7-10-27(25)38-23-13-19-41(20-14-23)29-6-1-2-15-35-29/h1-6,8-9,11-12,15-18,21,23,27,38H,7,10,13-14,19-20H2,(H2,34,36). The molecule has 2 aliphatic rings. The van der Waals surface area contributed by atoms with Crippen LogP contribution in [0.15, 0.2) is 91.5 Å². The minimum atomic E-state index is 0.355. The number of aromatic nitrogens is 7. The van der Waals surface area contributed by atoms with Gasteiger partial charge in [0.15, 0.2) is 17.3 Å². The summed E-state index contributed by atoms with van der Waals surface area (Å²) in [5.74, 6) is 2.96. The summed E-state index contributed by atoms with van der Waals surface area (Å²) < 4.78 is 3.86. The lowest BCUT2D eigenvalue weighted by atomic mass is 10.0. The van der Waals surface area contributed by atoms with Crippen LogP contribution in [0.25, 0.3) is 34.1 Å². The smallest absolute Gasteiger partial charge is 0.167 e. The third-order valence-electron chi connectivity index (χ3n) is 8.68. The number of hydrogen-bond donors (Lipinski definition) is 2. The van der Waals surface area contributed by atoms with Crippen molar-refractivity contribution in [3.05, 3.63) is 103 Å². The van der Waals surface area contributed by atoms with Gasteiger partial charge in [-0.05, 0) is 91.4 Å². The van der Waals surface area contributed by atoms with Gasteiger partial charge >= 0.3 is 0 Å². The highest BCUT2D eigenvalue weighted by molar-refractivity contribution is 5.83. The molecule has 1 unspecified atom stereocenters. The van der Waals surface area contributed by atoms with E-state index in [1.54, 1.807) is 17.1 Å². The summed E-state index contributed by atoms with van der Waals surface area (Å²) in [5.41, 5.74) is 12.4. The first-order valence-electron chi connectivity index (χ1n) is 14.9. The summed E-state index contributed by atoms with van der Waals surface area (Å²) in [5, 5.41) is 8.36. The lowest BCUT2D eigenvalue weighted by Crippen LogP contribution is -2.43. The van der Waals surface area contributed by atoms with Crippen LogP contribution in [0.2, 0.25) is 0 Å². The maximum atomic E-state index is 6.35. The molecule has 0 spiro atoms. The van der Waals surface area contributed by atoms with Gasteiger partial charge < -0.3 is 16.0 Å². The SMILES string of the molecule is Nc1ncccc1-c1nc2ccc(-n3cccn3)nc2n1-c1ccc2c(c1)CCC2NC1CCN(c2ccccn2)CC1. The fraction of sp³-hybridized carbons (Fsp3) is 0.242. The van der Waals surface area contributed by atoms with Crippen LogP contribution in [0.4, 0.5) is 11.6 Å². The number of aryl methyl sites for hydroxylation is 1. The Morgan fingerprint density at radius 2 is 1.72 bits per heavy atom. The zero-order chi connectivity index (χ0) is 28.8. The lowest BCUT2D eigenvalue weighted by Gasteiger charge is -2.34. The Kier molecular flexibility index (Phi) is 6.33. The highest BCUT2D eigenvalue weighted by Crippen LogP contribution is 2.36. The van der Waals surface area contributed by atoms with Crippen LogP contribution in [-0.4, -0.2) is 53.4 Å². The fourth-order valence-electron chi connectivity index (χ4n) is 6.53. The van der Waals surface area contributed by atoms with Crippen LogP contribution in [0.1, 0.15) is 36.4 Å². The van der Waals surface area contributed by atoms with E-state index in [-0.39, 0.29) is 0 Å². The number of nitrogens with zero attached hydrogens (tertiary/aromatic N) is 8. The zero-order valence-corrected chi connectivity index (χ0v) is 23.7. The van der Waals surface area contributed by atoms with Crippen LogP contribution in [0.5, 0.6) is 0 Å². The van der Waals surface area contributed by atoms with Gasteiger partial charge in [0.25, 0.3) is 0 Å². The number of hydrogen-bond acceptors (Lipinski definition) is 8. The molecule has 0 saturated carbocycles. The topological polar surface area (TPSA) is 116 Å². The Labute approximate surface area is 249 Å². The molecule has 1 fully saturated rings. The minimum absolute atomic E-state index is 0.355. The van der Waals surface area contributed by atoms with Crippen LogP contribution in [0, 0.1) is 0 Å². The molecule has 6 heterocycles. The van der Waals surface area contributed by atoms with Crippen LogP contribution in [-0.2, 0) is 6.42 Å². The maximum Gasteiger partial charge on any atom is 0.167 e. The number of nitrogens with two attached hydrogens (primary N) is 1. The highest BCUT2D eigenvalue weighted by Gasteiger charge is 2.28. The molecule has 1 aromatic carbocycles. The summed E-state index contributed by atoms with van der Waals surface area (Å²) in [6.45, 7) is 2.04. The van der Waals surface area contributed by atoms with Gasteiger partial charge in [0.1, 0.15) is 17.2 Å². The number of fused-ring (bicyclic) bond motifs is 2. The molecule has 6 aromatic rings. The fourth-order valence-corrected chi connectivity index (χ4v) is 6.53. The molecule has 1 aliphatic carbocycles. The van der Waals surface area contributed by atoms with Crippen molar-refractivity contribution in [2.75, 3.05) is 23.7 Å². The molecule has 214 valence electrons. The summed E-state index contributed by atoms with van der Waals surface area (Å²) >= 11 is 0. The van der Waals surface area contributed by atoms with E-state index in [1.807, 2.05) is 48.8 Å². The monoisotopic (exact) mass is 568 g/mol. The minimum Gasteiger partial charge on any atom is -0.383 e. The first-order valence-corrected chi connectivity index (χ1v) is 14.9. The van der Waals surface area contributed by atoms with E-state index in [0.29, 0.717) is 17.9 Å². The lowest BCUT2D eigenvalue weighted by molar-refractivity contribution is 0.367. The first-order chi connectivity index (χ1) is 21.2. The Morgan fingerprint density at radius 1 is 0.814 bits per heavy atom. The molecule has 10 heteroatoms. The summed E-state index contributed by atoms with van der Waals surface area (Å²) in [4.78, 5) is 21.3. The van der Waals surface area contributed by atoms with Crippen molar-refractivity contribution >= 4 is 22.8 Å². The number of benzene rings is 1. The Morgan fingerprint density at radius 3 is 2.53 bits per heavy atom. The van der Waals surface area contributed by atoms with Gasteiger partial charge in [0.2, 0.25) is 0 Å². The van der Waals surface area contributed by atoms with Gasteiger partial charge in [-0.25, -0.2) is 24.6 Å². The molecule has 0 radical (unpaired) electrons. The van der Waals surface area contributed by atoms with E-state index in [4.69, 9.17) is 15.7 Å². The maximum absolute atomic E-state index is 6.35. The van der Waals surface area contributed by atoms with E-state index in [1.165, 1.54) is 11.1 Å². The average molecular weight is 569 g/mol. The largest absolute Gasteiger partial charge is 0.383 e. The quantitative estimate of drug-likeness (QED) is 0.292. The van der Waals surface area contributed by atoms with Crippen molar-refractivity contribution in [1.82, 2.24) is 39.6 Å². The van der Waals surface area contributed by atoms with E-state index >= 15 is 0 Å². The molecule has 0 amide bonds. The number of rotatable bonds is 6. The summed E-state index contributed by atoms with van der Waals surface area (Å²) in [6, 6.07) is 23.4. The third kappa shape index (κ3) is 4.69. The number of anilines is 2. The van der Waals surface area contributed by atoms with Gasteiger partial charge in [0.05, 0.1) is 5.56 Å². The number of piperidine rings is 1. The summed E-state index contributed by atoms with van der Waals surface area (Å²) in [6.07, 6.45) is 11.6. The second-order valence-corrected chi connectivity index (χ2v) is 11.3. The number of nitrogens with one attached hydrogen (secondary N) is 1. The molecule has 1 saturated heterocycles. The van der Waals surface area contributed by atoms with E-state index in [2.05, 4.69) is 60.2 Å². The van der Waals surface area contributed by atoms with Gasteiger partial charge in [0, 0.05) is 55.6 Å². The normalized spacial score (nSPS) is 17.0. The Hall–Kier alpha value is -5.09.